The summed E-state index contributed by atoms with van der Waals surface area (Å²) < 4.78 is 0. The van der Waals surface area contributed by atoms with Crippen LogP contribution in [0.3, 0.4) is 0 Å². The van der Waals surface area contributed by atoms with Gasteiger partial charge >= 0.3 is 5.97 Å². The predicted molar refractivity (Wildman–Crippen MR) is 107 cm³/mol. The molecule has 3 N–H and O–H groups in total. The van der Waals surface area contributed by atoms with Crippen molar-refractivity contribution in [2.24, 2.45) is 0 Å². The van der Waals surface area contributed by atoms with Crippen LogP contribution in [0.1, 0.15) is 36.7 Å². The molecule has 138 valence electrons. The summed E-state index contributed by atoms with van der Waals surface area (Å²) in [5, 5.41) is 15.6. The van der Waals surface area contributed by atoms with E-state index in [9.17, 15) is 4.79 Å². The molecule has 0 saturated heterocycles. The van der Waals surface area contributed by atoms with Crippen molar-refractivity contribution in [3.05, 3.63) is 72.1 Å². The zero-order valence-electron chi connectivity index (χ0n) is 15.5. The van der Waals surface area contributed by atoms with E-state index in [0.29, 0.717) is 17.3 Å². The lowest BCUT2D eigenvalue weighted by Crippen LogP contribution is -2.13. The molecule has 1 heterocycles. The van der Waals surface area contributed by atoms with Crippen LogP contribution in [-0.4, -0.2) is 21.0 Å². The first-order chi connectivity index (χ1) is 12.8. The number of para-hydroxylation sites is 1. The summed E-state index contributed by atoms with van der Waals surface area (Å²) in [5.74, 6) is 0.254. The average Bonchev–Trinajstić information content (AvgIpc) is 2.62. The maximum atomic E-state index is 11.1. The molecular formula is C21H22N4O2. The first kappa shape index (κ1) is 18.4. The monoisotopic (exact) mass is 362 g/mol. The number of carboxylic acid groups (broad SMARTS) is 1. The van der Waals surface area contributed by atoms with Crippen molar-refractivity contribution in [3.8, 4) is 0 Å². The molecule has 0 aliphatic heterocycles. The van der Waals surface area contributed by atoms with E-state index in [1.165, 1.54) is 11.9 Å². The van der Waals surface area contributed by atoms with E-state index in [4.69, 9.17) is 5.11 Å². The Morgan fingerprint density at radius 2 is 1.63 bits per heavy atom. The summed E-state index contributed by atoms with van der Waals surface area (Å²) >= 11 is 0. The predicted octanol–water partition coefficient (Wildman–Crippen LogP) is 4.96. The molecule has 2 aromatic carbocycles. The Labute approximate surface area is 158 Å². The molecule has 0 bridgehead atoms. The molecule has 0 atom stereocenters. The van der Waals surface area contributed by atoms with Gasteiger partial charge in [-0.3, -0.25) is 0 Å². The highest BCUT2D eigenvalue weighted by Gasteiger charge is 2.17. The number of hydrogen-bond acceptors (Lipinski definition) is 5. The lowest BCUT2D eigenvalue weighted by molar-refractivity contribution is 0.0697. The van der Waals surface area contributed by atoms with Gasteiger partial charge in [0.2, 0.25) is 0 Å². The van der Waals surface area contributed by atoms with Crippen molar-refractivity contribution in [3.63, 3.8) is 0 Å². The van der Waals surface area contributed by atoms with Crippen LogP contribution in [-0.2, 0) is 5.41 Å². The number of benzene rings is 2. The molecule has 6 heteroatoms. The molecule has 0 spiro atoms. The van der Waals surface area contributed by atoms with Crippen LogP contribution >= 0.6 is 0 Å². The van der Waals surface area contributed by atoms with Crippen molar-refractivity contribution >= 4 is 29.0 Å². The molecule has 0 radical (unpaired) electrons. The van der Waals surface area contributed by atoms with E-state index < -0.39 is 5.97 Å². The second kappa shape index (κ2) is 7.45. The smallest absolute Gasteiger partial charge is 0.335 e. The third kappa shape index (κ3) is 4.61. The van der Waals surface area contributed by atoms with Crippen molar-refractivity contribution < 1.29 is 9.90 Å². The minimum atomic E-state index is -0.970. The molecule has 0 amide bonds. The third-order valence-corrected chi connectivity index (χ3v) is 4.05. The minimum absolute atomic E-state index is 0.00498. The quantitative estimate of drug-likeness (QED) is 0.595. The number of nitrogens with one attached hydrogen (secondary N) is 2. The highest BCUT2D eigenvalue weighted by Crippen LogP contribution is 2.31. The topological polar surface area (TPSA) is 87.1 Å². The molecule has 0 saturated carbocycles. The molecule has 0 aliphatic rings. The summed E-state index contributed by atoms with van der Waals surface area (Å²) in [6.45, 7) is 6.49. The molecular weight excluding hydrogens is 340 g/mol. The van der Waals surface area contributed by atoms with E-state index in [2.05, 4.69) is 47.4 Å². The van der Waals surface area contributed by atoms with Crippen molar-refractivity contribution in [2.75, 3.05) is 10.6 Å². The van der Waals surface area contributed by atoms with E-state index >= 15 is 0 Å². The lowest BCUT2D eigenvalue weighted by Gasteiger charge is -2.23. The normalized spacial score (nSPS) is 11.1. The number of rotatable bonds is 5. The molecule has 27 heavy (non-hydrogen) atoms. The van der Waals surface area contributed by atoms with Gasteiger partial charge in [0, 0.05) is 17.4 Å². The average molecular weight is 362 g/mol. The number of aromatic nitrogens is 2. The fourth-order valence-electron chi connectivity index (χ4n) is 2.76. The van der Waals surface area contributed by atoms with Gasteiger partial charge in [-0.25, -0.2) is 14.8 Å². The van der Waals surface area contributed by atoms with Gasteiger partial charge in [0.15, 0.2) is 0 Å². The Kier molecular flexibility index (Phi) is 5.07. The van der Waals surface area contributed by atoms with Gasteiger partial charge in [0.05, 0.1) is 5.56 Å². The molecule has 1 aromatic heterocycles. The second-order valence-corrected chi connectivity index (χ2v) is 7.22. The Morgan fingerprint density at radius 1 is 0.926 bits per heavy atom. The van der Waals surface area contributed by atoms with Crippen LogP contribution in [0.2, 0.25) is 0 Å². The van der Waals surface area contributed by atoms with Crippen LogP contribution in [0, 0.1) is 0 Å². The molecule has 0 aliphatic carbocycles. The first-order valence-electron chi connectivity index (χ1n) is 8.62. The SMILES string of the molecule is CC(C)(C)c1ccccc1Nc1cc(Nc2cccc(C(=O)O)c2)ncn1. The Hall–Kier alpha value is -3.41. The zero-order valence-corrected chi connectivity index (χ0v) is 15.5. The fourth-order valence-corrected chi connectivity index (χ4v) is 2.76. The van der Waals surface area contributed by atoms with E-state index in [-0.39, 0.29) is 11.0 Å². The van der Waals surface area contributed by atoms with Crippen LogP contribution in [0.4, 0.5) is 23.0 Å². The van der Waals surface area contributed by atoms with Crippen LogP contribution in [0.25, 0.3) is 0 Å². The molecule has 0 fully saturated rings. The summed E-state index contributed by atoms with van der Waals surface area (Å²) in [7, 11) is 0. The van der Waals surface area contributed by atoms with Crippen LogP contribution in [0.5, 0.6) is 0 Å². The van der Waals surface area contributed by atoms with Crippen LogP contribution < -0.4 is 10.6 Å². The van der Waals surface area contributed by atoms with E-state index in [1.807, 2.05) is 18.2 Å². The fraction of sp³-hybridized carbons (Fsp3) is 0.190. The second-order valence-electron chi connectivity index (χ2n) is 7.22. The number of nitrogens with zero attached hydrogens (tertiary/aromatic N) is 2. The summed E-state index contributed by atoms with van der Waals surface area (Å²) in [6, 6.07) is 16.5. The number of anilines is 4. The highest BCUT2D eigenvalue weighted by atomic mass is 16.4. The summed E-state index contributed by atoms with van der Waals surface area (Å²) in [6.07, 6.45) is 1.46. The molecule has 3 aromatic rings. The standard InChI is InChI=1S/C21H22N4O2/c1-21(2,3)16-9-4-5-10-17(16)25-19-12-18(22-13-23-19)24-15-8-6-7-14(11-15)20(26)27/h4-13H,1-3H3,(H,26,27)(H2,22,23,24,25). The van der Waals surface area contributed by atoms with E-state index in [1.54, 1.807) is 30.3 Å². The number of hydrogen-bond donors (Lipinski definition) is 3. The van der Waals surface area contributed by atoms with Crippen LogP contribution in [0.15, 0.2) is 60.9 Å². The van der Waals surface area contributed by atoms with E-state index in [0.717, 1.165) is 5.69 Å². The van der Waals surface area contributed by atoms with Gasteiger partial charge in [0.25, 0.3) is 0 Å². The van der Waals surface area contributed by atoms with Gasteiger partial charge in [-0.15, -0.1) is 0 Å². The maximum absolute atomic E-state index is 11.1. The Morgan fingerprint density at radius 3 is 2.33 bits per heavy atom. The van der Waals surface area contributed by atoms with Crippen molar-refractivity contribution in [1.82, 2.24) is 9.97 Å². The van der Waals surface area contributed by atoms with Gasteiger partial charge in [0.1, 0.15) is 18.0 Å². The third-order valence-electron chi connectivity index (χ3n) is 4.05. The largest absolute Gasteiger partial charge is 0.478 e. The van der Waals surface area contributed by atoms with Gasteiger partial charge in [-0.1, -0.05) is 45.0 Å². The lowest BCUT2D eigenvalue weighted by atomic mass is 9.86. The Bertz CT molecular complexity index is 964. The van der Waals surface area contributed by atoms with Gasteiger partial charge < -0.3 is 15.7 Å². The summed E-state index contributed by atoms with van der Waals surface area (Å²) in [5.41, 5.74) is 3.03. The zero-order chi connectivity index (χ0) is 19.4. The Balaban J connectivity index is 1.83. The van der Waals surface area contributed by atoms with Gasteiger partial charge in [-0.2, -0.15) is 0 Å². The summed E-state index contributed by atoms with van der Waals surface area (Å²) in [4.78, 5) is 19.6. The molecule has 6 nitrogen and oxygen atoms in total. The highest BCUT2D eigenvalue weighted by molar-refractivity contribution is 5.89. The van der Waals surface area contributed by atoms with Crippen molar-refractivity contribution in [2.45, 2.75) is 26.2 Å². The van der Waals surface area contributed by atoms with Crippen molar-refractivity contribution in [1.29, 1.82) is 0 Å². The number of carbonyl (C=O) groups is 1. The first-order valence-corrected chi connectivity index (χ1v) is 8.62. The van der Waals surface area contributed by atoms with Gasteiger partial charge in [-0.05, 0) is 35.2 Å². The molecule has 3 rings (SSSR count). The minimum Gasteiger partial charge on any atom is -0.478 e. The molecule has 0 unspecified atom stereocenters. The number of carboxylic acids is 1. The number of aromatic carboxylic acids is 1. The maximum Gasteiger partial charge on any atom is 0.335 e.